The van der Waals surface area contributed by atoms with Crippen molar-refractivity contribution < 1.29 is 29.0 Å². The van der Waals surface area contributed by atoms with Crippen molar-refractivity contribution in [2.45, 2.75) is 31.8 Å². The summed E-state index contributed by atoms with van der Waals surface area (Å²) in [7, 11) is 2.99. The van der Waals surface area contributed by atoms with E-state index in [2.05, 4.69) is 5.32 Å². The number of rotatable bonds is 8. The molecule has 1 heterocycles. The number of aliphatic carboxylic acids is 1. The van der Waals surface area contributed by atoms with E-state index in [9.17, 15) is 19.5 Å². The first-order valence-corrected chi connectivity index (χ1v) is 9.68. The Morgan fingerprint density at radius 1 is 1.30 bits per heavy atom. The maximum Gasteiger partial charge on any atom is 0.305 e. The smallest absolute Gasteiger partial charge is 0.305 e. The topological polar surface area (TPSA) is 105 Å². The van der Waals surface area contributed by atoms with Crippen LogP contribution in [0.25, 0.3) is 0 Å². The molecule has 1 fully saturated rings. The molecule has 0 saturated carbocycles. The highest BCUT2D eigenvalue weighted by molar-refractivity contribution is 7.99. The number of hydrogen-bond acceptors (Lipinski definition) is 6. The molecule has 1 saturated heterocycles. The molecule has 0 spiro atoms. The molecule has 27 heavy (non-hydrogen) atoms. The second kappa shape index (κ2) is 9.50. The average Bonchev–Trinajstić information content (AvgIpc) is 3.15. The summed E-state index contributed by atoms with van der Waals surface area (Å²) in [5.74, 6) is 0.405. The highest BCUT2D eigenvalue weighted by Crippen LogP contribution is 2.31. The second-order valence-electron chi connectivity index (χ2n) is 6.01. The Bertz CT molecular complexity index is 711. The van der Waals surface area contributed by atoms with E-state index in [0.717, 1.165) is 0 Å². The molecule has 148 valence electrons. The number of amides is 2. The number of methoxy groups -OCH3 is 2. The van der Waals surface area contributed by atoms with Crippen molar-refractivity contribution in [2.24, 2.45) is 0 Å². The molecular formula is C18H24N2O6S. The molecule has 2 N–H and O–H groups in total. The highest BCUT2D eigenvalue weighted by atomic mass is 32.2. The number of carbonyl (C=O) groups excluding carboxylic acids is 2. The molecular weight excluding hydrogens is 372 g/mol. The van der Waals surface area contributed by atoms with Crippen LogP contribution >= 0.6 is 11.8 Å². The predicted molar refractivity (Wildman–Crippen MR) is 101 cm³/mol. The average molecular weight is 396 g/mol. The third kappa shape index (κ3) is 5.06. The van der Waals surface area contributed by atoms with E-state index >= 15 is 0 Å². The maximum absolute atomic E-state index is 12.8. The number of hydrogen-bond donors (Lipinski definition) is 2. The van der Waals surface area contributed by atoms with Crippen LogP contribution in [0, 0.1) is 0 Å². The van der Waals surface area contributed by atoms with Crippen molar-refractivity contribution in [1.82, 2.24) is 10.2 Å². The van der Waals surface area contributed by atoms with Crippen LogP contribution in [-0.2, 0) is 14.4 Å². The van der Waals surface area contributed by atoms with Crippen molar-refractivity contribution in [3.8, 4) is 11.5 Å². The Hall–Kier alpha value is -2.42. The quantitative estimate of drug-likeness (QED) is 0.688. The molecule has 1 aliphatic rings. The lowest BCUT2D eigenvalue weighted by molar-refractivity contribution is -0.140. The molecule has 2 amide bonds. The monoisotopic (exact) mass is 396 g/mol. The Morgan fingerprint density at radius 3 is 2.59 bits per heavy atom. The normalized spacial score (nSPS) is 17.3. The fraction of sp³-hybridized carbons (Fsp3) is 0.500. The number of thioether (sulfide) groups is 1. The zero-order valence-electron chi connectivity index (χ0n) is 15.6. The largest absolute Gasteiger partial charge is 0.493 e. The zero-order valence-corrected chi connectivity index (χ0v) is 16.4. The Kier molecular flexibility index (Phi) is 7.35. The molecule has 0 radical (unpaired) electrons. The fourth-order valence-corrected chi connectivity index (χ4v) is 4.05. The van der Waals surface area contributed by atoms with Gasteiger partial charge in [-0.05, 0) is 17.7 Å². The van der Waals surface area contributed by atoms with Gasteiger partial charge in [-0.15, -0.1) is 11.8 Å². The van der Waals surface area contributed by atoms with E-state index in [1.165, 1.54) is 30.9 Å². The summed E-state index contributed by atoms with van der Waals surface area (Å²) in [6.07, 6.45) is 0.0292. The maximum atomic E-state index is 12.8. The van der Waals surface area contributed by atoms with Crippen molar-refractivity contribution in [3.05, 3.63) is 23.8 Å². The Balaban J connectivity index is 2.23. The van der Waals surface area contributed by atoms with Crippen molar-refractivity contribution in [3.63, 3.8) is 0 Å². The first-order chi connectivity index (χ1) is 12.9. The SMILES string of the molecule is CCC(=O)N1CSCC1C(=O)NC(CC(=O)O)c1ccc(OC)c(OC)c1. The van der Waals surface area contributed by atoms with E-state index in [1.807, 2.05) is 0 Å². The van der Waals surface area contributed by atoms with Gasteiger partial charge in [-0.1, -0.05) is 13.0 Å². The molecule has 1 aliphatic heterocycles. The number of carboxylic acids is 1. The third-order valence-electron chi connectivity index (χ3n) is 4.31. The lowest BCUT2D eigenvalue weighted by Gasteiger charge is -2.25. The molecule has 0 aromatic heterocycles. The molecule has 0 aliphatic carbocycles. The van der Waals surface area contributed by atoms with Gasteiger partial charge in [0, 0.05) is 12.2 Å². The lowest BCUT2D eigenvalue weighted by Crippen LogP contribution is -2.48. The molecule has 2 rings (SSSR count). The standard InChI is InChI=1S/C18H24N2O6S/c1-4-16(21)20-10-27-9-13(20)18(24)19-12(8-17(22)23)11-5-6-14(25-2)15(7-11)26-3/h5-7,12-13H,4,8-10H2,1-3H3,(H,19,24)(H,22,23). The number of carboxylic acid groups (broad SMARTS) is 1. The number of carbonyl (C=O) groups is 3. The Morgan fingerprint density at radius 2 is 2.00 bits per heavy atom. The van der Waals surface area contributed by atoms with Crippen LogP contribution in [0.1, 0.15) is 31.4 Å². The van der Waals surface area contributed by atoms with Crippen molar-refractivity contribution >= 4 is 29.5 Å². The summed E-state index contributed by atoms with van der Waals surface area (Å²) in [6, 6.07) is 3.64. The fourth-order valence-electron chi connectivity index (χ4n) is 2.87. The van der Waals surface area contributed by atoms with Gasteiger partial charge >= 0.3 is 5.97 Å². The van der Waals surface area contributed by atoms with Crippen LogP contribution in [0.15, 0.2) is 18.2 Å². The minimum Gasteiger partial charge on any atom is -0.493 e. The number of ether oxygens (including phenoxy) is 2. The van der Waals surface area contributed by atoms with Gasteiger partial charge < -0.3 is 24.8 Å². The molecule has 2 atom stereocenters. The van der Waals surface area contributed by atoms with E-state index in [1.54, 1.807) is 25.1 Å². The van der Waals surface area contributed by atoms with Crippen LogP contribution in [-0.4, -0.2) is 59.7 Å². The highest BCUT2D eigenvalue weighted by Gasteiger charge is 2.35. The van der Waals surface area contributed by atoms with E-state index in [0.29, 0.717) is 35.1 Å². The van der Waals surface area contributed by atoms with E-state index < -0.39 is 18.1 Å². The van der Waals surface area contributed by atoms with Gasteiger partial charge in [0.15, 0.2) is 11.5 Å². The predicted octanol–water partition coefficient (Wildman–Crippen LogP) is 1.65. The van der Waals surface area contributed by atoms with Crippen LogP contribution in [0.3, 0.4) is 0 Å². The lowest BCUT2D eigenvalue weighted by atomic mass is 10.0. The summed E-state index contributed by atoms with van der Waals surface area (Å²) >= 11 is 1.50. The van der Waals surface area contributed by atoms with Gasteiger partial charge in [0.05, 0.1) is 32.6 Å². The van der Waals surface area contributed by atoms with Crippen molar-refractivity contribution in [1.29, 1.82) is 0 Å². The Labute approximate surface area is 162 Å². The molecule has 0 bridgehead atoms. The summed E-state index contributed by atoms with van der Waals surface area (Å²) < 4.78 is 10.5. The molecule has 9 heteroatoms. The van der Waals surface area contributed by atoms with Crippen molar-refractivity contribution in [2.75, 3.05) is 25.8 Å². The minimum absolute atomic E-state index is 0.0962. The van der Waals surface area contributed by atoms with Gasteiger partial charge in [0.2, 0.25) is 11.8 Å². The first-order valence-electron chi connectivity index (χ1n) is 8.52. The molecule has 2 unspecified atom stereocenters. The van der Waals surface area contributed by atoms with Gasteiger partial charge in [-0.25, -0.2) is 0 Å². The third-order valence-corrected chi connectivity index (χ3v) is 5.33. The van der Waals surface area contributed by atoms with E-state index in [-0.39, 0.29) is 18.2 Å². The number of nitrogens with one attached hydrogen (secondary N) is 1. The van der Waals surface area contributed by atoms with Gasteiger partial charge in [0.1, 0.15) is 6.04 Å². The number of benzene rings is 1. The van der Waals surface area contributed by atoms with Gasteiger partial charge in [0.25, 0.3) is 0 Å². The molecule has 1 aromatic rings. The minimum atomic E-state index is -1.04. The molecule has 8 nitrogen and oxygen atoms in total. The van der Waals surface area contributed by atoms with Gasteiger partial charge in [-0.2, -0.15) is 0 Å². The van der Waals surface area contributed by atoms with Gasteiger partial charge in [-0.3, -0.25) is 14.4 Å². The first kappa shape index (κ1) is 20.9. The summed E-state index contributed by atoms with van der Waals surface area (Å²) in [6.45, 7) is 1.75. The van der Waals surface area contributed by atoms with Crippen LogP contribution in [0.5, 0.6) is 11.5 Å². The van der Waals surface area contributed by atoms with Crippen LogP contribution < -0.4 is 14.8 Å². The molecule has 1 aromatic carbocycles. The van der Waals surface area contributed by atoms with Crippen LogP contribution in [0.2, 0.25) is 0 Å². The van der Waals surface area contributed by atoms with Crippen LogP contribution in [0.4, 0.5) is 0 Å². The number of nitrogens with zero attached hydrogens (tertiary/aromatic N) is 1. The summed E-state index contributed by atoms with van der Waals surface area (Å²) in [5.41, 5.74) is 0.586. The van der Waals surface area contributed by atoms with E-state index in [4.69, 9.17) is 9.47 Å². The zero-order chi connectivity index (χ0) is 20.0. The summed E-state index contributed by atoms with van der Waals surface area (Å²) in [4.78, 5) is 37.6. The second-order valence-corrected chi connectivity index (χ2v) is 7.01. The summed E-state index contributed by atoms with van der Waals surface area (Å²) in [5, 5.41) is 12.0.